The van der Waals surface area contributed by atoms with Crippen LogP contribution in [0.4, 0.5) is 4.79 Å². The molecule has 2 amide bonds. The van der Waals surface area contributed by atoms with Crippen molar-refractivity contribution in [2.75, 3.05) is 13.7 Å². The van der Waals surface area contributed by atoms with Crippen molar-refractivity contribution in [2.24, 2.45) is 5.41 Å². The number of hydrogen-bond donors (Lipinski definition) is 2. The lowest BCUT2D eigenvalue weighted by Gasteiger charge is -2.23. The van der Waals surface area contributed by atoms with Crippen LogP contribution in [0.3, 0.4) is 0 Å². The molecule has 1 aromatic carbocycles. The van der Waals surface area contributed by atoms with E-state index in [1.807, 2.05) is 24.3 Å². The van der Waals surface area contributed by atoms with Crippen molar-refractivity contribution in [1.29, 1.82) is 0 Å². The molecular weight excluding hydrogens is 252 g/mol. The summed E-state index contributed by atoms with van der Waals surface area (Å²) in [5.74, 6) is 0.801. The minimum Gasteiger partial charge on any atom is -0.496 e. The van der Waals surface area contributed by atoms with Crippen molar-refractivity contribution in [3.05, 3.63) is 29.8 Å². The largest absolute Gasteiger partial charge is 0.496 e. The third kappa shape index (κ3) is 3.89. The average Bonchev–Trinajstić information content (AvgIpc) is 2.90. The van der Waals surface area contributed by atoms with Crippen LogP contribution in [-0.2, 0) is 6.54 Å². The van der Waals surface area contributed by atoms with Gasteiger partial charge in [0.2, 0.25) is 0 Å². The average molecular weight is 276 g/mol. The van der Waals surface area contributed by atoms with E-state index >= 15 is 0 Å². The first-order chi connectivity index (χ1) is 9.63. The summed E-state index contributed by atoms with van der Waals surface area (Å²) in [6, 6.07) is 7.61. The van der Waals surface area contributed by atoms with Gasteiger partial charge in [0.15, 0.2) is 0 Å². The van der Waals surface area contributed by atoms with E-state index in [4.69, 9.17) is 4.74 Å². The topological polar surface area (TPSA) is 50.4 Å². The first-order valence-corrected chi connectivity index (χ1v) is 7.27. The number of methoxy groups -OCH3 is 1. The van der Waals surface area contributed by atoms with Gasteiger partial charge >= 0.3 is 6.03 Å². The third-order valence-electron chi connectivity index (χ3n) is 4.12. The van der Waals surface area contributed by atoms with Crippen molar-refractivity contribution < 1.29 is 9.53 Å². The van der Waals surface area contributed by atoms with Crippen molar-refractivity contribution in [2.45, 2.75) is 39.2 Å². The molecule has 0 aliphatic heterocycles. The van der Waals surface area contributed by atoms with E-state index in [0.29, 0.717) is 6.54 Å². The van der Waals surface area contributed by atoms with Crippen molar-refractivity contribution in [3.8, 4) is 5.75 Å². The second-order valence-corrected chi connectivity index (χ2v) is 5.87. The van der Waals surface area contributed by atoms with Crippen molar-refractivity contribution in [3.63, 3.8) is 0 Å². The highest BCUT2D eigenvalue weighted by Crippen LogP contribution is 2.36. The highest BCUT2D eigenvalue weighted by Gasteiger charge is 2.28. The molecule has 20 heavy (non-hydrogen) atoms. The monoisotopic (exact) mass is 276 g/mol. The SMILES string of the molecule is COc1ccccc1CNC(=O)NCC1(C)CCCC1. The number of carbonyl (C=O) groups is 1. The minimum atomic E-state index is -0.107. The maximum absolute atomic E-state index is 11.9. The summed E-state index contributed by atoms with van der Waals surface area (Å²) in [5.41, 5.74) is 1.26. The Labute approximate surface area is 120 Å². The molecule has 0 saturated heterocycles. The number of nitrogens with one attached hydrogen (secondary N) is 2. The summed E-state index contributed by atoms with van der Waals surface area (Å²) in [5, 5.41) is 5.87. The molecule has 2 rings (SSSR count). The zero-order chi connectivity index (χ0) is 14.4. The Hall–Kier alpha value is -1.71. The van der Waals surface area contributed by atoms with Crippen LogP contribution in [0.15, 0.2) is 24.3 Å². The molecular formula is C16H24N2O2. The number of para-hydroxylation sites is 1. The van der Waals surface area contributed by atoms with Gasteiger partial charge in [0.1, 0.15) is 5.75 Å². The van der Waals surface area contributed by atoms with Gasteiger partial charge in [0.25, 0.3) is 0 Å². The van der Waals surface area contributed by atoms with E-state index in [9.17, 15) is 4.79 Å². The molecule has 1 fully saturated rings. The van der Waals surface area contributed by atoms with Crippen molar-refractivity contribution in [1.82, 2.24) is 10.6 Å². The zero-order valence-corrected chi connectivity index (χ0v) is 12.4. The Bertz CT molecular complexity index is 454. The van der Waals surface area contributed by atoms with E-state index in [-0.39, 0.29) is 11.4 Å². The van der Waals surface area contributed by atoms with Crippen LogP contribution in [0.2, 0.25) is 0 Å². The molecule has 4 nitrogen and oxygen atoms in total. The molecule has 0 radical (unpaired) electrons. The quantitative estimate of drug-likeness (QED) is 0.868. The highest BCUT2D eigenvalue weighted by molar-refractivity contribution is 5.73. The Morgan fingerprint density at radius 3 is 2.65 bits per heavy atom. The molecule has 1 saturated carbocycles. The van der Waals surface area contributed by atoms with Crippen LogP contribution < -0.4 is 15.4 Å². The predicted octanol–water partition coefficient (Wildman–Crippen LogP) is 3.07. The van der Waals surface area contributed by atoms with E-state index in [0.717, 1.165) is 17.9 Å². The summed E-state index contributed by atoms with van der Waals surface area (Å²) >= 11 is 0. The lowest BCUT2D eigenvalue weighted by molar-refractivity contribution is 0.231. The fraction of sp³-hybridized carbons (Fsp3) is 0.562. The molecule has 0 atom stereocenters. The Morgan fingerprint density at radius 1 is 1.25 bits per heavy atom. The second-order valence-electron chi connectivity index (χ2n) is 5.87. The molecule has 110 valence electrons. The summed E-state index contributed by atoms with van der Waals surface area (Å²) in [7, 11) is 1.64. The molecule has 1 aromatic rings. The number of urea groups is 1. The second kappa shape index (κ2) is 6.64. The molecule has 1 aliphatic carbocycles. The van der Waals surface area contributed by atoms with Crippen molar-refractivity contribution >= 4 is 6.03 Å². The smallest absolute Gasteiger partial charge is 0.315 e. The van der Waals surface area contributed by atoms with Gasteiger partial charge in [0.05, 0.1) is 7.11 Å². The third-order valence-corrected chi connectivity index (χ3v) is 4.12. The fourth-order valence-electron chi connectivity index (χ4n) is 2.79. The maximum Gasteiger partial charge on any atom is 0.315 e. The summed E-state index contributed by atoms with van der Waals surface area (Å²) in [6.45, 7) is 3.48. The van der Waals surface area contributed by atoms with Crippen LogP contribution in [0.25, 0.3) is 0 Å². The molecule has 0 heterocycles. The molecule has 0 unspecified atom stereocenters. The van der Waals surface area contributed by atoms with Gasteiger partial charge in [-0.3, -0.25) is 0 Å². The minimum absolute atomic E-state index is 0.107. The van der Waals surface area contributed by atoms with Gasteiger partial charge in [-0.2, -0.15) is 0 Å². The first-order valence-electron chi connectivity index (χ1n) is 7.27. The van der Waals surface area contributed by atoms with Gasteiger partial charge in [-0.25, -0.2) is 4.79 Å². The van der Waals surface area contributed by atoms with E-state index < -0.39 is 0 Å². The molecule has 0 bridgehead atoms. The fourth-order valence-corrected chi connectivity index (χ4v) is 2.79. The van der Waals surface area contributed by atoms with E-state index in [1.54, 1.807) is 7.11 Å². The summed E-state index contributed by atoms with van der Waals surface area (Å²) in [6.07, 6.45) is 4.97. The summed E-state index contributed by atoms with van der Waals surface area (Å²) in [4.78, 5) is 11.9. The van der Waals surface area contributed by atoms with Gasteiger partial charge in [-0.05, 0) is 24.3 Å². The van der Waals surface area contributed by atoms with Gasteiger partial charge in [0, 0.05) is 18.7 Å². The Kier molecular flexibility index (Phi) is 4.88. The Morgan fingerprint density at radius 2 is 1.95 bits per heavy atom. The maximum atomic E-state index is 11.9. The van der Waals surface area contributed by atoms with E-state index in [2.05, 4.69) is 17.6 Å². The van der Waals surface area contributed by atoms with Crippen LogP contribution >= 0.6 is 0 Å². The standard InChI is InChI=1S/C16H24N2O2/c1-16(9-5-6-10-16)12-18-15(19)17-11-13-7-3-4-8-14(13)20-2/h3-4,7-8H,5-6,9-12H2,1-2H3,(H2,17,18,19). The number of rotatable bonds is 5. The predicted molar refractivity (Wildman–Crippen MR) is 79.8 cm³/mol. The van der Waals surface area contributed by atoms with Crippen LogP contribution in [0.5, 0.6) is 5.75 Å². The molecule has 2 N–H and O–H groups in total. The summed E-state index contributed by atoms with van der Waals surface area (Å²) < 4.78 is 5.26. The number of benzene rings is 1. The van der Waals surface area contributed by atoms with Crippen LogP contribution in [0.1, 0.15) is 38.2 Å². The molecule has 0 spiro atoms. The normalized spacial score (nSPS) is 16.7. The zero-order valence-electron chi connectivity index (χ0n) is 12.4. The van der Waals surface area contributed by atoms with Gasteiger partial charge in [-0.1, -0.05) is 38.0 Å². The number of ether oxygens (including phenoxy) is 1. The highest BCUT2D eigenvalue weighted by atomic mass is 16.5. The lowest BCUT2D eigenvalue weighted by Crippen LogP contribution is -2.40. The van der Waals surface area contributed by atoms with Crippen LogP contribution in [-0.4, -0.2) is 19.7 Å². The lowest BCUT2D eigenvalue weighted by atomic mass is 9.89. The van der Waals surface area contributed by atoms with Gasteiger partial charge in [-0.15, -0.1) is 0 Å². The molecule has 4 heteroatoms. The molecule has 0 aromatic heterocycles. The van der Waals surface area contributed by atoms with Gasteiger partial charge < -0.3 is 15.4 Å². The first kappa shape index (κ1) is 14.7. The molecule has 1 aliphatic rings. The number of hydrogen-bond acceptors (Lipinski definition) is 2. The van der Waals surface area contributed by atoms with E-state index in [1.165, 1.54) is 25.7 Å². The number of amides is 2. The Balaban J connectivity index is 1.77. The van der Waals surface area contributed by atoms with Crippen LogP contribution in [0, 0.1) is 5.41 Å². The number of carbonyl (C=O) groups excluding carboxylic acids is 1.